The van der Waals surface area contributed by atoms with Crippen molar-refractivity contribution < 1.29 is 4.79 Å². The average molecular weight is 247 g/mol. The van der Waals surface area contributed by atoms with Crippen molar-refractivity contribution in [3.8, 4) is 0 Å². The van der Waals surface area contributed by atoms with E-state index in [1.807, 2.05) is 0 Å². The first-order chi connectivity index (χ1) is 8.58. The standard InChI is InChI=1S/C14H21N3O/c1-10(2)13-8-14(16-9-15-13)17(3)11-4-6-12(18)7-5-11/h8-11H,4-7H2,1-3H3. The molecule has 1 aliphatic carbocycles. The Morgan fingerprint density at radius 3 is 2.56 bits per heavy atom. The van der Waals surface area contributed by atoms with Crippen LogP contribution in [-0.2, 0) is 4.79 Å². The molecule has 1 aliphatic rings. The number of aromatic nitrogens is 2. The summed E-state index contributed by atoms with van der Waals surface area (Å²) in [6, 6.07) is 2.48. The second-order valence-electron chi connectivity index (χ2n) is 5.34. The van der Waals surface area contributed by atoms with Crippen molar-refractivity contribution in [2.45, 2.75) is 51.5 Å². The largest absolute Gasteiger partial charge is 0.357 e. The monoisotopic (exact) mass is 247 g/mol. The molecule has 18 heavy (non-hydrogen) atoms. The molecule has 4 nitrogen and oxygen atoms in total. The molecule has 0 N–H and O–H groups in total. The molecule has 0 amide bonds. The van der Waals surface area contributed by atoms with Gasteiger partial charge in [-0.1, -0.05) is 13.8 Å². The van der Waals surface area contributed by atoms with Crippen LogP contribution in [0.5, 0.6) is 0 Å². The summed E-state index contributed by atoms with van der Waals surface area (Å²) in [5, 5.41) is 0. The van der Waals surface area contributed by atoms with Gasteiger partial charge in [-0.15, -0.1) is 0 Å². The summed E-state index contributed by atoms with van der Waals surface area (Å²) in [4.78, 5) is 22.1. The van der Waals surface area contributed by atoms with Crippen molar-refractivity contribution in [1.29, 1.82) is 0 Å². The second-order valence-corrected chi connectivity index (χ2v) is 5.34. The van der Waals surface area contributed by atoms with E-state index in [9.17, 15) is 4.79 Å². The van der Waals surface area contributed by atoms with E-state index in [0.29, 0.717) is 30.6 Å². The number of hydrogen-bond acceptors (Lipinski definition) is 4. The molecule has 0 saturated heterocycles. The number of Topliss-reactive ketones (excluding diaryl/α,β-unsaturated/α-hetero) is 1. The summed E-state index contributed by atoms with van der Waals surface area (Å²) in [6.07, 6.45) is 4.93. The van der Waals surface area contributed by atoms with Gasteiger partial charge in [0.15, 0.2) is 0 Å². The van der Waals surface area contributed by atoms with E-state index in [1.54, 1.807) is 6.33 Å². The van der Waals surface area contributed by atoms with Gasteiger partial charge in [-0.2, -0.15) is 0 Å². The van der Waals surface area contributed by atoms with Crippen LogP contribution in [0.2, 0.25) is 0 Å². The molecule has 2 rings (SSSR count). The number of anilines is 1. The van der Waals surface area contributed by atoms with Crippen molar-refractivity contribution in [1.82, 2.24) is 9.97 Å². The fraction of sp³-hybridized carbons (Fsp3) is 0.643. The third-order valence-corrected chi connectivity index (χ3v) is 3.69. The predicted octanol–water partition coefficient (Wildman–Crippen LogP) is 2.55. The lowest BCUT2D eigenvalue weighted by Crippen LogP contribution is -2.35. The van der Waals surface area contributed by atoms with Crippen molar-refractivity contribution in [3.63, 3.8) is 0 Å². The van der Waals surface area contributed by atoms with Gasteiger partial charge in [0.25, 0.3) is 0 Å². The zero-order valence-electron chi connectivity index (χ0n) is 11.4. The van der Waals surface area contributed by atoms with E-state index < -0.39 is 0 Å². The molecule has 0 aromatic carbocycles. The van der Waals surface area contributed by atoms with Gasteiger partial charge in [-0.3, -0.25) is 4.79 Å². The minimum atomic E-state index is 0.394. The number of carbonyl (C=O) groups is 1. The summed E-state index contributed by atoms with van der Waals surface area (Å²) >= 11 is 0. The first-order valence-corrected chi connectivity index (χ1v) is 6.64. The minimum absolute atomic E-state index is 0.394. The van der Waals surface area contributed by atoms with Gasteiger partial charge < -0.3 is 4.90 Å². The van der Waals surface area contributed by atoms with Gasteiger partial charge in [0.05, 0.1) is 0 Å². The molecule has 1 aromatic rings. The Balaban J connectivity index is 2.10. The van der Waals surface area contributed by atoms with Gasteiger partial charge in [0.2, 0.25) is 0 Å². The molecule has 0 atom stereocenters. The molecule has 98 valence electrons. The first-order valence-electron chi connectivity index (χ1n) is 6.64. The van der Waals surface area contributed by atoms with Crippen LogP contribution in [0.3, 0.4) is 0 Å². The van der Waals surface area contributed by atoms with E-state index >= 15 is 0 Å². The number of rotatable bonds is 3. The average Bonchev–Trinajstić information content (AvgIpc) is 2.39. The summed E-state index contributed by atoms with van der Waals surface area (Å²) in [7, 11) is 2.06. The van der Waals surface area contributed by atoms with E-state index in [0.717, 1.165) is 24.4 Å². The van der Waals surface area contributed by atoms with Crippen molar-refractivity contribution in [2.24, 2.45) is 0 Å². The van der Waals surface area contributed by atoms with Crippen molar-refractivity contribution >= 4 is 11.6 Å². The van der Waals surface area contributed by atoms with Gasteiger partial charge in [0.1, 0.15) is 17.9 Å². The molecule has 4 heteroatoms. The van der Waals surface area contributed by atoms with Gasteiger partial charge in [-0.05, 0) is 18.8 Å². The molecule has 0 bridgehead atoms. The number of carbonyl (C=O) groups excluding carboxylic acids is 1. The van der Waals surface area contributed by atoms with Crippen LogP contribution in [-0.4, -0.2) is 28.8 Å². The lowest BCUT2D eigenvalue weighted by Gasteiger charge is -2.31. The fourth-order valence-corrected chi connectivity index (χ4v) is 2.37. The lowest BCUT2D eigenvalue weighted by atomic mass is 9.93. The third-order valence-electron chi connectivity index (χ3n) is 3.69. The van der Waals surface area contributed by atoms with E-state index in [1.165, 1.54) is 0 Å². The summed E-state index contributed by atoms with van der Waals surface area (Å²) in [6.45, 7) is 4.26. The van der Waals surface area contributed by atoms with Gasteiger partial charge >= 0.3 is 0 Å². The van der Waals surface area contributed by atoms with E-state index in [4.69, 9.17) is 0 Å². The molecule has 0 radical (unpaired) electrons. The normalized spacial score (nSPS) is 17.2. The van der Waals surface area contributed by atoms with E-state index in [2.05, 4.69) is 41.8 Å². The molecular weight excluding hydrogens is 226 g/mol. The maximum Gasteiger partial charge on any atom is 0.133 e. The molecule has 0 aliphatic heterocycles. The van der Waals surface area contributed by atoms with Crippen LogP contribution >= 0.6 is 0 Å². The molecule has 1 fully saturated rings. The highest BCUT2D eigenvalue weighted by Crippen LogP contribution is 2.24. The molecule has 1 aromatic heterocycles. The lowest BCUT2D eigenvalue weighted by molar-refractivity contribution is -0.120. The van der Waals surface area contributed by atoms with Crippen LogP contribution in [0.25, 0.3) is 0 Å². The van der Waals surface area contributed by atoms with Crippen LogP contribution < -0.4 is 4.90 Å². The van der Waals surface area contributed by atoms with Crippen LogP contribution in [0.15, 0.2) is 12.4 Å². The molecule has 0 unspecified atom stereocenters. The van der Waals surface area contributed by atoms with Crippen molar-refractivity contribution in [3.05, 3.63) is 18.1 Å². The molecular formula is C14H21N3O. The van der Waals surface area contributed by atoms with E-state index in [-0.39, 0.29) is 0 Å². The number of ketones is 1. The number of nitrogens with zero attached hydrogens (tertiary/aromatic N) is 3. The Morgan fingerprint density at radius 1 is 1.28 bits per heavy atom. The smallest absolute Gasteiger partial charge is 0.133 e. The minimum Gasteiger partial charge on any atom is -0.357 e. The Hall–Kier alpha value is -1.45. The zero-order valence-corrected chi connectivity index (χ0v) is 11.4. The highest BCUT2D eigenvalue weighted by Gasteiger charge is 2.23. The number of hydrogen-bond donors (Lipinski definition) is 0. The molecule has 1 heterocycles. The third kappa shape index (κ3) is 2.86. The Morgan fingerprint density at radius 2 is 1.94 bits per heavy atom. The maximum absolute atomic E-state index is 11.3. The topological polar surface area (TPSA) is 46.1 Å². The molecule has 0 spiro atoms. The Labute approximate surface area is 108 Å². The maximum atomic E-state index is 11.3. The highest BCUT2D eigenvalue weighted by molar-refractivity contribution is 5.79. The quantitative estimate of drug-likeness (QED) is 0.823. The summed E-state index contributed by atoms with van der Waals surface area (Å²) in [5.41, 5.74) is 1.07. The summed E-state index contributed by atoms with van der Waals surface area (Å²) in [5.74, 6) is 1.77. The van der Waals surface area contributed by atoms with Gasteiger partial charge in [-0.25, -0.2) is 9.97 Å². The van der Waals surface area contributed by atoms with Crippen LogP contribution in [0, 0.1) is 0 Å². The SMILES string of the molecule is CC(C)c1cc(N(C)C2CCC(=O)CC2)ncn1. The Kier molecular flexibility index (Phi) is 3.94. The van der Waals surface area contributed by atoms with Crippen molar-refractivity contribution in [2.75, 3.05) is 11.9 Å². The van der Waals surface area contributed by atoms with Gasteiger partial charge in [0, 0.05) is 37.7 Å². The Bertz CT molecular complexity index is 421. The van der Waals surface area contributed by atoms with Crippen LogP contribution in [0.4, 0.5) is 5.82 Å². The zero-order chi connectivity index (χ0) is 13.1. The predicted molar refractivity (Wildman–Crippen MR) is 71.8 cm³/mol. The first kappa shape index (κ1) is 13.0. The molecule has 1 saturated carbocycles. The second kappa shape index (κ2) is 5.46. The fourth-order valence-electron chi connectivity index (χ4n) is 2.37. The summed E-state index contributed by atoms with van der Waals surface area (Å²) < 4.78 is 0. The highest BCUT2D eigenvalue weighted by atomic mass is 16.1. The van der Waals surface area contributed by atoms with Crippen LogP contribution in [0.1, 0.15) is 51.1 Å².